The SMILES string of the molecule is Cc1cnc(C(C)(C)N(C)C)nc1CCl. The van der Waals surface area contributed by atoms with Crippen LogP contribution in [0.15, 0.2) is 6.20 Å². The van der Waals surface area contributed by atoms with Crippen molar-refractivity contribution in [3.05, 3.63) is 23.3 Å². The summed E-state index contributed by atoms with van der Waals surface area (Å²) in [5.41, 5.74) is 1.79. The molecular formula is C11H18ClN3. The fraction of sp³-hybridized carbons (Fsp3) is 0.636. The molecule has 0 saturated carbocycles. The Balaban J connectivity index is 3.16. The molecule has 0 amide bonds. The van der Waals surface area contributed by atoms with Crippen LogP contribution in [0, 0.1) is 6.92 Å². The average Bonchev–Trinajstić information content (AvgIpc) is 2.18. The van der Waals surface area contributed by atoms with Gasteiger partial charge in [-0.25, -0.2) is 9.97 Å². The molecule has 0 saturated heterocycles. The fourth-order valence-corrected chi connectivity index (χ4v) is 1.38. The highest BCUT2D eigenvalue weighted by atomic mass is 35.5. The first-order chi connectivity index (χ1) is 6.89. The van der Waals surface area contributed by atoms with Gasteiger partial charge in [0.05, 0.1) is 17.1 Å². The van der Waals surface area contributed by atoms with E-state index >= 15 is 0 Å². The van der Waals surface area contributed by atoms with Crippen LogP contribution in [-0.4, -0.2) is 29.0 Å². The molecule has 0 radical (unpaired) electrons. The lowest BCUT2D eigenvalue weighted by Crippen LogP contribution is -2.37. The highest BCUT2D eigenvalue weighted by Crippen LogP contribution is 2.22. The Kier molecular flexibility index (Phi) is 3.68. The summed E-state index contributed by atoms with van der Waals surface area (Å²) in [6.45, 7) is 6.16. The fourth-order valence-electron chi connectivity index (χ4n) is 1.11. The van der Waals surface area contributed by atoms with Gasteiger partial charge in [-0.2, -0.15) is 0 Å². The third kappa shape index (κ3) is 2.47. The Bertz CT molecular complexity index is 348. The first-order valence-corrected chi connectivity index (χ1v) is 5.49. The predicted octanol–water partition coefficient (Wildman–Crippen LogP) is 2.32. The zero-order chi connectivity index (χ0) is 11.6. The van der Waals surface area contributed by atoms with Gasteiger partial charge in [0.1, 0.15) is 5.82 Å². The molecule has 0 unspecified atom stereocenters. The van der Waals surface area contributed by atoms with Crippen molar-refractivity contribution in [1.82, 2.24) is 14.9 Å². The Labute approximate surface area is 96.5 Å². The van der Waals surface area contributed by atoms with Gasteiger partial charge in [0.25, 0.3) is 0 Å². The molecule has 84 valence electrons. The van der Waals surface area contributed by atoms with Crippen molar-refractivity contribution in [2.45, 2.75) is 32.2 Å². The number of hydrogen-bond acceptors (Lipinski definition) is 3. The largest absolute Gasteiger partial charge is 0.298 e. The molecule has 0 N–H and O–H groups in total. The summed E-state index contributed by atoms with van der Waals surface area (Å²) in [6, 6.07) is 0. The second kappa shape index (κ2) is 4.45. The molecule has 0 bridgehead atoms. The van der Waals surface area contributed by atoms with E-state index in [2.05, 4.69) is 28.7 Å². The van der Waals surface area contributed by atoms with Crippen LogP contribution in [0.25, 0.3) is 0 Å². The van der Waals surface area contributed by atoms with Crippen LogP contribution in [-0.2, 0) is 11.4 Å². The molecule has 0 atom stereocenters. The lowest BCUT2D eigenvalue weighted by molar-refractivity contribution is 0.185. The van der Waals surface area contributed by atoms with Gasteiger partial charge in [-0.15, -0.1) is 11.6 Å². The first-order valence-electron chi connectivity index (χ1n) is 4.96. The van der Waals surface area contributed by atoms with Crippen molar-refractivity contribution in [3.63, 3.8) is 0 Å². The summed E-state index contributed by atoms with van der Waals surface area (Å²) in [4.78, 5) is 11.0. The van der Waals surface area contributed by atoms with E-state index in [1.54, 1.807) is 0 Å². The molecule has 0 aliphatic rings. The summed E-state index contributed by atoms with van der Waals surface area (Å²) in [5.74, 6) is 1.25. The van der Waals surface area contributed by atoms with Crippen molar-refractivity contribution in [2.24, 2.45) is 0 Å². The van der Waals surface area contributed by atoms with E-state index in [9.17, 15) is 0 Å². The van der Waals surface area contributed by atoms with E-state index in [-0.39, 0.29) is 5.54 Å². The van der Waals surface area contributed by atoms with Crippen LogP contribution in [0.1, 0.15) is 30.9 Å². The number of hydrogen-bond donors (Lipinski definition) is 0. The van der Waals surface area contributed by atoms with Crippen LogP contribution in [0.2, 0.25) is 0 Å². The number of alkyl halides is 1. The van der Waals surface area contributed by atoms with E-state index in [0.29, 0.717) is 5.88 Å². The lowest BCUT2D eigenvalue weighted by Gasteiger charge is -2.31. The summed E-state index contributed by atoms with van der Waals surface area (Å²) in [6.07, 6.45) is 1.84. The maximum Gasteiger partial charge on any atom is 0.148 e. The van der Waals surface area contributed by atoms with E-state index in [4.69, 9.17) is 11.6 Å². The van der Waals surface area contributed by atoms with Gasteiger partial charge in [0.2, 0.25) is 0 Å². The van der Waals surface area contributed by atoms with Crippen LogP contribution in [0.4, 0.5) is 0 Å². The van der Waals surface area contributed by atoms with E-state index < -0.39 is 0 Å². The molecule has 15 heavy (non-hydrogen) atoms. The summed E-state index contributed by atoms with van der Waals surface area (Å²) < 4.78 is 0. The molecule has 3 nitrogen and oxygen atoms in total. The standard InChI is InChI=1S/C11H18ClN3/c1-8-7-13-10(14-9(8)6-12)11(2,3)15(4)5/h7H,6H2,1-5H3. The van der Waals surface area contributed by atoms with Crippen LogP contribution < -0.4 is 0 Å². The molecule has 1 aromatic heterocycles. The average molecular weight is 228 g/mol. The molecule has 0 fully saturated rings. The molecule has 1 rings (SSSR count). The molecular weight excluding hydrogens is 210 g/mol. The van der Waals surface area contributed by atoms with Crippen LogP contribution in [0.5, 0.6) is 0 Å². The Morgan fingerprint density at radius 1 is 1.40 bits per heavy atom. The lowest BCUT2D eigenvalue weighted by atomic mass is 10.0. The van der Waals surface area contributed by atoms with Gasteiger partial charge < -0.3 is 0 Å². The van der Waals surface area contributed by atoms with Gasteiger partial charge in [-0.3, -0.25) is 4.90 Å². The van der Waals surface area contributed by atoms with Gasteiger partial charge in [0.15, 0.2) is 0 Å². The molecule has 0 aliphatic carbocycles. The summed E-state index contributed by atoms with van der Waals surface area (Å²) >= 11 is 5.83. The van der Waals surface area contributed by atoms with E-state index in [1.807, 2.05) is 27.2 Å². The van der Waals surface area contributed by atoms with Crippen LogP contribution in [0.3, 0.4) is 0 Å². The molecule has 4 heteroatoms. The maximum absolute atomic E-state index is 5.83. The summed E-state index contributed by atoms with van der Waals surface area (Å²) in [7, 11) is 4.03. The number of aromatic nitrogens is 2. The second-order valence-corrected chi connectivity index (χ2v) is 4.68. The normalized spacial score (nSPS) is 12.2. The van der Waals surface area contributed by atoms with Crippen molar-refractivity contribution in [1.29, 1.82) is 0 Å². The van der Waals surface area contributed by atoms with Crippen molar-refractivity contribution >= 4 is 11.6 Å². The smallest absolute Gasteiger partial charge is 0.148 e. The minimum Gasteiger partial charge on any atom is -0.298 e. The number of nitrogens with zero attached hydrogens (tertiary/aromatic N) is 3. The third-order valence-electron chi connectivity index (χ3n) is 2.87. The Morgan fingerprint density at radius 3 is 2.47 bits per heavy atom. The monoisotopic (exact) mass is 227 g/mol. The summed E-state index contributed by atoms with van der Waals surface area (Å²) in [5, 5.41) is 0. The highest BCUT2D eigenvalue weighted by molar-refractivity contribution is 6.16. The molecule has 0 spiro atoms. The topological polar surface area (TPSA) is 29.0 Å². The Hall–Kier alpha value is -0.670. The first kappa shape index (κ1) is 12.4. The van der Waals surface area contributed by atoms with Gasteiger partial charge in [0, 0.05) is 6.20 Å². The molecule has 1 aromatic rings. The molecule has 0 aliphatic heterocycles. The predicted molar refractivity (Wildman–Crippen MR) is 63.0 cm³/mol. The highest BCUT2D eigenvalue weighted by Gasteiger charge is 2.26. The number of halogens is 1. The molecule has 0 aromatic carbocycles. The van der Waals surface area contributed by atoms with E-state index in [0.717, 1.165) is 17.1 Å². The van der Waals surface area contributed by atoms with Crippen molar-refractivity contribution in [2.75, 3.05) is 14.1 Å². The molecule has 1 heterocycles. The minimum atomic E-state index is -0.172. The number of aryl methyl sites for hydroxylation is 1. The Morgan fingerprint density at radius 2 is 2.00 bits per heavy atom. The van der Waals surface area contributed by atoms with Gasteiger partial charge in [-0.05, 0) is 40.4 Å². The second-order valence-electron chi connectivity index (χ2n) is 4.41. The minimum absolute atomic E-state index is 0.172. The van der Waals surface area contributed by atoms with Crippen LogP contribution >= 0.6 is 11.6 Å². The zero-order valence-corrected chi connectivity index (χ0v) is 10.8. The third-order valence-corrected chi connectivity index (χ3v) is 3.12. The van der Waals surface area contributed by atoms with E-state index in [1.165, 1.54) is 0 Å². The van der Waals surface area contributed by atoms with Crippen molar-refractivity contribution in [3.8, 4) is 0 Å². The zero-order valence-electron chi connectivity index (χ0n) is 10.0. The quantitative estimate of drug-likeness (QED) is 0.743. The van der Waals surface area contributed by atoms with Gasteiger partial charge >= 0.3 is 0 Å². The van der Waals surface area contributed by atoms with Gasteiger partial charge in [-0.1, -0.05) is 0 Å². The maximum atomic E-state index is 5.83. The van der Waals surface area contributed by atoms with Crippen molar-refractivity contribution < 1.29 is 0 Å². The number of rotatable bonds is 3.